The van der Waals surface area contributed by atoms with Gasteiger partial charge >= 0.3 is 44.8 Å². The first-order valence-electron chi connectivity index (χ1n) is 10.1. The van der Waals surface area contributed by atoms with E-state index >= 15 is 0 Å². The van der Waals surface area contributed by atoms with Crippen molar-refractivity contribution in [2.75, 3.05) is 0 Å². The van der Waals surface area contributed by atoms with Crippen LogP contribution in [0.25, 0.3) is 0 Å². The molecule has 0 aliphatic rings. The van der Waals surface area contributed by atoms with Crippen molar-refractivity contribution in [2.24, 2.45) is 0 Å². The molecule has 0 heterocycles. The quantitative estimate of drug-likeness (QED) is 0.140. The zero-order valence-electron chi connectivity index (χ0n) is 21.1. The molecule has 0 spiro atoms. The number of carboxylic acids is 10. The van der Waals surface area contributed by atoms with E-state index in [2.05, 4.69) is 0 Å². The molecule has 22 heteroatoms. The Hall–Kier alpha value is -3.82. The Bertz CT molecular complexity index is 637. The van der Waals surface area contributed by atoms with E-state index in [1.807, 2.05) is 0 Å². The average molecular weight is 766 g/mol. The van der Waals surface area contributed by atoms with Gasteiger partial charge in [-0.3, -0.25) is 0 Å². The molecule has 0 aromatic rings. The normalized spacial score (nSPS) is 8.10. The van der Waals surface area contributed by atoms with Crippen LogP contribution in [0.3, 0.4) is 0 Å². The fourth-order valence-corrected chi connectivity index (χ4v) is 1.02. The SMILES string of the molecule is O=C([O-])CCC(=O)[O-].O=C([O-])CCC(=O)[O-].O=C([O-])CCC(=O)[O-].O=C([O-])CCC(=O)[O-].O=C([O-])CCC(=O)[O-].[Nb+5].[Nb+5]. The molecule has 0 bridgehead atoms. The minimum atomic E-state index is -1.37. The molecule has 230 valence electrons. The molecule has 0 aliphatic carbocycles. The summed E-state index contributed by atoms with van der Waals surface area (Å²) in [5.41, 5.74) is 0. The van der Waals surface area contributed by atoms with E-state index in [9.17, 15) is 99.0 Å². The van der Waals surface area contributed by atoms with Crippen LogP contribution in [0.1, 0.15) is 64.2 Å². The van der Waals surface area contributed by atoms with Gasteiger partial charge in [0.2, 0.25) is 0 Å². The van der Waals surface area contributed by atoms with Crippen LogP contribution in [0.4, 0.5) is 0 Å². The molecule has 0 aromatic heterocycles. The molecular weight excluding hydrogens is 746 g/mol. The van der Waals surface area contributed by atoms with Crippen LogP contribution in [-0.4, -0.2) is 59.7 Å². The van der Waals surface area contributed by atoms with Crippen LogP contribution >= 0.6 is 0 Å². The third-order valence-corrected chi connectivity index (χ3v) is 2.67. The van der Waals surface area contributed by atoms with Gasteiger partial charge in [0.25, 0.3) is 0 Å². The van der Waals surface area contributed by atoms with E-state index < -0.39 is 124 Å². The van der Waals surface area contributed by atoms with Crippen LogP contribution in [0.15, 0.2) is 0 Å². The molecule has 0 unspecified atom stereocenters. The predicted octanol–water partition coefficient (Wildman–Crippen LogP) is -13.7. The van der Waals surface area contributed by atoms with Crippen LogP contribution < -0.4 is 51.1 Å². The number of hydrogen-bond acceptors (Lipinski definition) is 20. The first-order chi connectivity index (χ1) is 18.1. The van der Waals surface area contributed by atoms with Crippen molar-refractivity contribution in [3.8, 4) is 0 Å². The largest absolute Gasteiger partial charge is 5.00 e. The van der Waals surface area contributed by atoms with Crippen LogP contribution in [0, 0.1) is 0 Å². The Labute approximate surface area is 267 Å². The van der Waals surface area contributed by atoms with Crippen molar-refractivity contribution in [2.45, 2.75) is 64.2 Å². The standard InChI is InChI=1S/5C4H6O4.2Nb/c5*5-3(6)1-2-4(7)8;;/h5*1-2H2,(H,5,6)(H,7,8);;/q;;;;;2*+5/p-10. The van der Waals surface area contributed by atoms with Crippen LogP contribution in [-0.2, 0) is 92.7 Å². The molecule has 0 N–H and O–H groups in total. The van der Waals surface area contributed by atoms with E-state index in [4.69, 9.17) is 0 Å². The minimum Gasteiger partial charge on any atom is -0.550 e. The molecule has 0 aliphatic heterocycles. The number of carbonyl (C=O) groups excluding carboxylic acids is 10. The van der Waals surface area contributed by atoms with Gasteiger partial charge in [-0.15, -0.1) is 0 Å². The molecule has 0 fully saturated rings. The fraction of sp³-hybridized carbons (Fsp3) is 0.500. The summed E-state index contributed by atoms with van der Waals surface area (Å²) in [6.07, 6.45) is -4.70. The minimum absolute atomic E-state index is 0. The fourth-order valence-electron chi connectivity index (χ4n) is 1.02. The second-order valence-electron chi connectivity index (χ2n) is 6.22. The summed E-state index contributed by atoms with van der Waals surface area (Å²) >= 11 is 0. The van der Waals surface area contributed by atoms with Crippen LogP contribution in [0.5, 0.6) is 0 Å². The molecule has 0 atom stereocenters. The first-order valence-corrected chi connectivity index (χ1v) is 10.1. The van der Waals surface area contributed by atoms with E-state index in [-0.39, 0.29) is 44.8 Å². The molecular formula is C20H20Nb2O20. The van der Waals surface area contributed by atoms with Crippen molar-refractivity contribution in [1.82, 2.24) is 0 Å². The van der Waals surface area contributed by atoms with Gasteiger partial charge in [-0.2, -0.15) is 0 Å². The molecule has 0 saturated heterocycles. The van der Waals surface area contributed by atoms with Crippen LogP contribution in [0.2, 0.25) is 0 Å². The van der Waals surface area contributed by atoms with Gasteiger partial charge in [-0.05, 0) is 64.2 Å². The summed E-state index contributed by atoms with van der Waals surface area (Å²) in [4.78, 5) is 95.0. The summed E-state index contributed by atoms with van der Waals surface area (Å²) in [6.45, 7) is 0. The second-order valence-corrected chi connectivity index (χ2v) is 6.22. The maximum Gasteiger partial charge on any atom is 5.00 e. The Balaban J connectivity index is -0.0000000721. The maximum absolute atomic E-state index is 9.50. The Morgan fingerprint density at radius 1 is 0.214 bits per heavy atom. The Kier molecular flexibility index (Phi) is 48.1. The average Bonchev–Trinajstić information content (AvgIpc) is 2.79. The van der Waals surface area contributed by atoms with E-state index in [0.717, 1.165) is 0 Å². The molecule has 20 nitrogen and oxygen atoms in total. The monoisotopic (exact) mass is 766 g/mol. The van der Waals surface area contributed by atoms with E-state index in [1.165, 1.54) is 0 Å². The zero-order valence-corrected chi connectivity index (χ0v) is 25.5. The van der Waals surface area contributed by atoms with E-state index in [1.54, 1.807) is 0 Å². The van der Waals surface area contributed by atoms with Crippen molar-refractivity contribution in [3.05, 3.63) is 0 Å². The van der Waals surface area contributed by atoms with Crippen molar-refractivity contribution >= 4 is 59.7 Å². The number of aliphatic carboxylic acids is 10. The summed E-state index contributed by atoms with van der Waals surface area (Å²) in [5, 5.41) is 95.0. The number of hydrogen-bond donors (Lipinski definition) is 0. The maximum atomic E-state index is 9.50. The van der Waals surface area contributed by atoms with Gasteiger partial charge in [0.05, 0.1) is 0 Å². The second kappa shape index (κ2) is 37.2. The molecule has 0 radical (unpaired) electrons. The zero-order chi connectivity index (χ0) is 32.8. The van der Waals surface area contributed by atoms with Gasteiger partial charge in [0, 0.05) is 59.7 Å². The topological polar surface area (TPSA) is 401 Å². The van der Waals surface area contributed by atoms with Crippen molar-refractivity contribution in [3.63, 3.8) is 0 Å². The van der Waals surface area contributed by atoms with E-state index in [0.29, 0.717) is 0 Å². The molecule has 0 rings (SSSR count). The molecule has 0 amide bonds. The summed E-state index contributed by atoms with van der Waals surface area (Å²) in [6, 6.07) is 0. The number of carboxylic acid groups (broad SMARTS) is 10. The summed E-state index contributed by atoms with van der Waals surface area (Å²) < 4.78 is 0. The van der Waals surface area contributed by atoms with Gasteiger partial charge in [0.1, 0.15) is 0 Å². The third-order valence-electron chi connectivity index (χ3n) is 2.67. The Morgan fingerprint density at radius 2 is 0.262 bits per heavy atom. The summed E-state index contributed by atoms with van der Waals surface area (Å²) in [5.74, 6) is -13.7. The van der Waals surface area contributed by atoms with Crippen molar-refractivity contribution in [1.29, 1.82) is 0 Å². The van der Waals surface area contributed by atoms with Crippen molar-refractivity contribution < 1.29 is 144 Å². The molecule has 0 aromatic carbocycles. The number of carbonyl (C=O) groups is 10. The van der Waals surface area contributed by atoms with Gasteiger partial charge < -0.3 is 99.0 Å². The Morgan fingerprint density at radius 3 is 0.286 bits per heavy atom. The molecule has 0 saturated carbocycles. The third kappa shape index (κ3) is 99.8. The summed E-state index contributed by atoms with van der Waals surface area (Å²) in [7, 11) is 0. The number of rotatable bonds is 15. The van der Waals surface area contributed by atoms with Gasteiger partial charge in [-0.25, -0.2) is 0 Å². The molecule has 42 heavy (non-hydrogen) atoms. The first kappa shape index (κ1) is 54.3. The van der Waals surface area contributed by atoms with Gasteiger partial charge in [-0.1, -0.05) is 0 Å². The van der Waals surface area contributed by atoms with Gasteiger partial charge in [0.15, 0.2) is 0 Å². The smallest absolute Gasteiger partial charge is 0.550 e. The predicted molar refractivity (Wildman–Crippen MR) is 96.2 cm³/mol.